The molecule has 2 nitrogen and oxygen atoms in total. The van der Waals surface area contributed by atoms with Crippen LogP contribution in [0.1, 0.15) is 27.2 Å². The van der Waals surface area contributed by atoms with E-state index in [1.807, 2.05) is 0 Å². The second-order valence-corrected chi connectivity index (χ2v) is 6.22. The molecule has 2 heteroatoms. The van der Waals surface area contributed by atoms with Crippen LogP contribution in [0.25, 0.3) is 0 Å². The lowest BCUT2D eigenvalue weighted by atomic mass is 9.80. The molecular weight excluding hydrogens is 172 g/mol. The third-order valence-corrected chi connectivity index (χ3v) is 4.01. The molecule has 0 radical (unpaired) electrons. The minimum absolute atomic E-state index is 0.504. The van der Waals surface area contributed by atoms with Crippen molar-refractivity contribution in [3.8, 4) is 0 Å². The average molecular weight is 196 g/mol. The number of likely N-dealkylation sites (tertiary alicyclic amines) is 2. The molecule has 0 amide bonds. The predicted octanol–water partition coefficient (Wildman–Crippen LogP) is 1.67. The maximum atomic E-state index is 2.70. The minimum Gasteiger partial charge on any atom is -0.303 e. The Morgan fingerprint density at radius 1 is 1.07 bits per heavy atom. The van der Waals surface area contributed by atoms with Crippen LogP contribution in [0.4, 0.5) is 0 Å². The second kappa shape index (κ2) is 3.49. The summed E-state index contributed by atoms with van der Waals surface area (Å²) in [6, 6.07) is 0.868. The fourth-order valence-electron chi connectivity index (χ4n) is 2.72. The third-order valence-electron chi connectivity index (χ3n) is 4.01. The van der Waals surface area contributed by atoms with Crippen molar-refractivity contribution >= 4 is 0 Å². The number of rotatable bonds is 1. The highest BCUT2D eigenvalue weighted by atomic mass is 15.3. The summed E-state index contributed by atoms with van der Waals surface area (Å²) in [5.74, 6) is 0.911. The van der Waals surface area contributed by atoms with Gasteiger partial charge in [0.15, 0.2) is 0 Å². The van der Waals surface area contributed by atoms with E-state index in [1.54, 1.807) is 0 Å². The molecule has 2 aliphatic rings. The van der Waals surface area contributed by atoms with Crippen molar-refractivity contribution in [3.63, 3.8) is 0 Å². The van der Waals surface area contributed by atoms with E-state index in [0.29, 0.717) is 5.41 Å². The summed E-state index contributed by atoms with van der Waals surface area (Å²) in [5.41, 5.74) is 0.504. The molecule has 2 rings (SSSR count). The Kier molecular flexibility index (Phi) is 2.61. The summed E-state index contributed by atoms with van der Waals surface area (Å²) in [5, 5.41) is 0. The van der Waals surface area contributed by atoms with Gasteiger partial charge in [0.2, 0.25) is 0 Å². The highest BCUT2D eigenvalue weighted by Gasteiger charge is 2.37. The van der Waals surface area contributed by atoms with Crippen LogP contribution in [0.3, 0.4) is 0 Å². The van der Waals surface area contributed by atoms with Crippen LogP contribution in [0.2, 0.25) is 0 Å². The first kappa shape index (κ1) is 10.4. The summed E-state index contributed by atoms with van der Waals surface area (Å²) in [4.78, 5) is 5.12. The zero-order valence-corrected chi connectivity index (χ0v) is 10.1. The maximum Gasteiger partial charge on any atom is 0.0350 e. The SMILES string of the molecule is CN1CC(N2CCC(C(C)(C)C)C2)C1. The Morgan fingerprint density at radius 3 is 2.14 bits per heavy atom. The molecule has 82 valence electrons. The summed E-state index contributed by atoms with van der Waals surface area (Å²) < 4.78 is 0. The van der Waals surface area contributed by atoms with E-state index >= 15 is 0 Å². The molecule has 0 saturated carbocycles. The van der Waals surface area contributed by atoms with Crippen LogP contribution in [-0.2, 0) is 0 Å². The van der Waals surface area contributed by atoms with Crippen LogP contribution in [0, 0.1) is 11.3 Å². The smallest absolute Gasteiger partial charge is 0.0350 e. The number of nitrogens with zero attached hydrogens (tertiary/aromatic N) is 2. The fourth-order valence-corrected chi connectivity index (χ4v) is 2.72. The lowest BCUT2D eigenvalue weighted by Crippen LogP contribution is -2.57. The molecule has 1 unspecified atom stereocenters. The lowest BCUT2D eigenvalue weighted by Gasteiger charge is -2.42. The van der Waals surface area contributed by atoms with E-state index in [-0.39, 0.29) is 0 Å². The Bertz CT molecular complexity index is 201. The Hall–Kier alpha value is -0.0800. The molecule has 0 N–H and O–H groups in total. The first-order chi connectivity index (χ1) is 6.47. The van der Waals surface area contributed by atoms with Gasteiger partial charge in [0.1, 0.15) is 0 Å². The number of hydrogen-bond donors (Lipinski definition) is 0. The summed E-state index contributed by atoms with van der Waals surface area (Å²) in [7, 11) is 2.22. The molecule has 2 heterocycles. The fraction of sp³-hybridized carbons (Fsp3) is 1.00. The van der Waals surface area contributed by atoms with E-state index in [9.17, 15) is 0 Å². The van der Waals surface area contributed by atoms with Gasteiger partial charge >= 0.3 is 0 Å². The van der Waals surface area contributed by atoms with Gasteiger partial charge in [-0.25, -0.2) is 0 Å². The largest absolute Gasteiger partial charge is 0.303 e. The highest BCUT2D eigenvalue weighted by Crippen LogP contribution is 2.35. The molecule has 2 fully saturated rings. The van der Waals surface area contributed by atoms with E-state index in [2.05, 4.69) is 37.6 Å². The van der Waals surface area contributed by atoms with Crippen LogP contribution in [0.15, 0.2) is 0 Å². The van der Waals surface area contributed by atoms with Crippen molar-refractivity contribution in [2.24, 2.45) is 11.3 Å². The van der Waals surface area contributed by atoms with Crippen molar-refractivity contribution < 1.29 is 0 Å². The first-order valence-electron chi connectivity index (χ1n) is 5.89. The van der Waals surface area contributed by atoms with Gasteiger partial charge in [-0.2, -0.15) is 0 Å². The predicted molar refractivity (Wildman–Crippen MR) is 60.4 cm³/mol. The summed E-state index contributed by atoms with van der Waals surface area (Å²) >= 11 is 0. The number of hydrogen-bond acceptors (Lipinski definition) is 2. The molecular formula is C12H24N2. The zero-order chi connectivity index (χ0) is 10.3. The molecule has 1 atom stereocenters. The zero-order valence-electron chi connectivity index (χ0n) is 10.1. The van der Waals surface area contributed by atoms with Crippen molar-refractivity contribution in [2.45, 2.75) is 33.2 Å². The average Bonchev–Trinajstić information content (AvgIpc) is 2.45. The Morgan fingerprint density at radius 2 is 1.71 bits per heavy atom. The molecule has 0 aromatic rings. The van der Waals surface area contributed by atoms with Gasteiger partial charge in [-0.3, -0.25) is 4.90 Å². The third kappa shape index (κ3) is 1.96. The van der Waals surface area contributed by atoms with Gasteiger partial charge in [-0.1, -0.05) is 20.8 Å². The van der Waals surface area contributed by atoms with Gasteiger partial charge < -0.3 is 4.90 Å². The van der Waals surface area contributed by atoms with Gasteiger partial charge in [0.05, 0.1) is 0 Å². The van der Waals surface area contributed by atoms with Gasteiger partial charge in [0, 0.05) is 25.7 Å². The molecule has 0 spiro atoms. The van der Waals surface area contributed by atoms with Gasteiger partial charge in [0.25, 0.3) is 0 Å². The maximum absolute atomic E-state index is 2.70. The second-order valence-electron chi connectivity index (χ2n) is 6.22. The molecule has 0 aromatic heterocycles. The quantitative estimate of drug-likeness (QED) is 0.629. The molecule has 14 heavy (non-hydrogen) atoms. The molecule has 0 bridgehead atoms. The first-order valence-corrected chi connectivity index (χ1v) is 5.89. The lowest BCUT2D eigenvalue weighted by molar-refractivity contribution is 0.0619. The molecule has 0 aromatic carbocycles. The Labute approximate surface area is 88.3 Å². The van der Waals surface area contributed by atoms with Crippen LogP contribution in [0.5, 0.6) is 0 Å². The Balaban J connectivity index is 1.83. The van der Waals surface area contributed by atoms with Crippen molar-refractivity contribution in [2.75, 3.05) is 33.2 Å². The molecule has 2 aliphatic heterocycles. The van der Waals surface area contributed by atoms with Crippen LogP contribution in [-0.4, -0.2) is 49.1 Å². The minimum atomic E-state index is 0.504. The van der Waals surface area contributed by atoms with Crippen molar-refractivity contribution in [3.05, 3.63) is 0 Å². The van der Waals surface area contributed by atoms with Crippen molar-refractivity contribution in [1.82, 2.24) is 9.80 Å². The van der Waals surface area contributed by atoms with Crippen molar-refractivity contribution in [1.29, 1.82) is 0 Å². The summed E-state index contributed by atoms with van der Waals surface area (Å²) in [6.07, 6.45) is 1.41. The monoisotopic (exact) mass is 196 g/mol. The van der Waals surface area contributed by atoms with Gasteiger partial charge in [-0.05, 0) is 31.3 Å². The van der Waals surface area contributed by atoms with E-state index in [1.165, 1.54) is 32.6 Å². The normalized spacial score (nSPS) is 32.1. The highest BCUT2D eigenvalue weighted by molar-refractivity contribution is 4.92. The topological polar surface area (TPSA) is 6.48 Å². The molecule has 0 aliphatic carbocycles. The van der Waals surface area contributed by atoms with E-state index in [4.69, 9.17) is 0 Å². The van der Waals surface area contributed by atoms with Crippen LogP contribution >= 0.6 is 0 Å². The van der Waals surface area contributed by atoms with Crippen LogP contribution < -0.4 is 0 Å². The van der Waals surface area contributed by atoms with E-state index in [0.717, 1.165) is 12.0 Å². The summed E-state index contributed by atoms with van der Waals surface area (Å²) in [6.45, 7) is 12.4. The molecule has 2 saturated heterocycles. The number of likely N-dealkylation sites (N-methyl/N-ethyl adjacent to an activating group) is 1. The van der Waals surface area contributed by atoms with E-state index < -0.39 is 0 Å². The standard InChI is InChI=1S/C12H24N2/c1-12(2,3)10-5-6-14(7-10)11-8-13(4)9-11/h10-11H,5-9H2,1-4H3. The van der Waals surface area contributed by atoms with Gasteiger partial charge in [-0.15, -0.1) is 0 Å².